The lowest BCUT2D eigenvalue weighted by molar-refractivity contribution is -0.136. The van der Waals surface area contributed by atoms with Crippen LogP contribution in [0.15, 0.2) is 79.1 Å². The quantitative estimate of drug-likeness (QED) is 0.187. The molecule has 328 valence electrons. The number of para-hydroxylation sites is 1. The van der Waals surface area contributed by atoms with Gasteiger partial charge in [0, 0.05) is 69.0 Å². The number of amides is 4. The number of carbonyl (C=O) groups is 4. The minimum Gasteiger partial charge on any atom is -0.457 e. The third-order valence-corrected chi connectivity index (χ3v) is 15.8. The predicted octanol–water partition coefficient (Wildman–Crippen LogP) is 5.53. The van der Waals surface area contributed by atoms with Crippen LogP contribution in [0.4, 0.5) is 11.5 Å². The van der Waals surface area contributed by atoms with Crippen LogP contribution in [0.25, 0.3) is 22.3 Å². The van der Waals surface area contributed by atoms with Gasteiger partial charge in [0.05, 0.1) is 22.6 Å². The Morgan fingerprint density at radius 2 is 1.33 bits per heavy atom. The van der Waals surface area contributed by atoms with Gasteiger partial charge < -0.3 is 20.3 Å². The van der Waals surface area contributed by atoms with Gasteiger partial charge in [0.1, 0.15) is 35.4 Å². The van der Waals surface area contributed by atoms with Crippen LogP contribution in [0, 0.1) is 23.7 Å². The van der Waals surface area contributed by atoms with Gasteiger partial charge in [-0.1, -0.05) is 18.2 Å². The zero-order chi connectivity index (χ0) is 43.2. The Bertz CT molecular complexity index is 2650. The number of carbonyl (C=O) groups excluding carboxylic acids is 4. The van der Waals surface area contributed by atoms with Gasteiger partial charge >= 0.3 is 0 Å². The third-order valence-electron chi connectivity index (χ3n) is 15.8. The summed E-state index contributed by atoms with van der Waals surface area (Å²) in [6.07, 6.45) is 8.82. The Morgan fingerprint density at radius 3 is 2.03 bits per heavy atom. The number of piperidine rings is 2. The van der Waals surface area contributed by atoms with Crippen molar-refractivity contribution in [3.8, 4) is 22.8 Å². The minimum absolute atomic E-state index is 0.109. The number of nitrogen functional groups attached to an aromatic ring is 1. The molecule has 15 heteroatoms. The molecule has 4 saturated heterocycles. The summed E-state index contributed by atoms with van der Waals surface area (Å²) < 4.78 is 8.15. The Morgan fingerprint density at radius 1 is 0.672 bits per heavy atom. The van der Waals surface area contributed by atoms with Gasteiger partial charge in [0.15, 0.2) is 5.65 Å². The number of benzene rings is 3. The molecule has 2 aromatic heterocycles. The summed E-state index contributed by atoms with van der Waals surface area (Å²) in [7, 11) is 0. The van der Waals surface area contributed by atoms with E-state index in [1.807, 2.05) is 66.7 Å². The zero-order valence-corrected chi connectivity index (χ0v) is 35.7. The molecule has 3 N–H and O–H groups in total. The molecule has 15 nitrogen and oxygen atoms in total. The van der Waals surface area contributed by atoms with E-state index in [1.54, 1.807) is 12.4 Å². The van der Waals surface area contributed by atoms with Crippen molar-refractivity contribution in [2.45, 2.75) is 75.5 Å². The molecule has 0 radical (unpaired) electrons. The van der Waals surface area contributed by atoms with E-state index in [-0.39, 0.29) is 24.8 Å². The van der Waals surface area contributed by atoms with E-state index in [2.05, 4.69) is 29.7 Å². The summed E-state index contributed by atoms with van der Waals surface area (Å²) >= 11 is 0. The normalized spacial score (nSPS) is 28.6. The zero-order valence-electron chi connectivity index (χ0n) is 35.7. The van der Waals surface area contributed by atoms with Crippen molar-refractivity contribution in [1.29, 1.82) is 0 Å². The number of anilines is 2. The topological polar surface area (TPSA) is 172 Å². The maximum Gasteiger partial charge on any atom is 0.262 e. The fraction of sp³-hybridized carbons (Fsp3) is 0.449. The fourth-order valence-corrected chi connectivity index (χ4v) is 12.6. The largest absolute Gasteiger partial charge is 0.457 e. The highest BCUT2D eigenvalue weighted by atomic mass is 16.5. The second-order valence-electron chi connectivity index (χ2n) is 19.3. The molecule has 12 rings (SSSR count). The number of hydrogen-bond acceptors (Lipinski definition) is 12. The first kappa shape index (κ1) is 39.4. The lowest BCUT2D eigenvalue weighted by Crippen LogP contribution is -2.54. The van der Waals surface area contributed by atoms with E-state index in [4.69, 9.17) is 20.6 Å². The summed E-state index contributed by atoms with van der Waals surface area (Å²) in [4.78, 5) is 69.0. The number of nitrogens with two attached hydrogens (primary N) is 1. The smallest absolute Gasteiger partial charge is 0.262 e. The van der Waals surface area contributed by atoms with Gasteiger partial charge in [0.25, 0.3) is 11.8 Å². The lowest BCUT2D eigenvalue weighted by Gasteiger charge is -2.37. The molecule has 7 heterocycles. The molecule has 3 aromatic carbocycles. The first-order valence-corrected chi connectivity index (χ1v) is 23.1. The molecule has 2 aliphatic carbocycles. The number of rotatable bonds is 8. The molecular formula is C49H52N10O5. The second kappa shape index (κ2) is 15.5. The molecule has 5 aliphatic heterocycles. The number of nitrogens with zero attached hydrogens (tertiary/aromatic N) is 8. The Balaban J connectivity index is 0.638. The summed E-state index contributed by atoms with van der Waals surface area (Å²) in [5, 5.41) is 8.25. The first-order chi connectivity index (χ1) is 31.2. The van der Waals surface area contributed by atoms with E-state index < -0.39 is 23.8 Å². The molecular weight excluding hydrogens is 809 g/mol. The van der Waals surface area contributed by atoms with Crippen LogP contribution >= 0.6 is 0 Å². The van der Waals surface area contributed by atoms with Crippen LogP contribution in [0.3, 0.4) is 0 Å². The number of aromatic nitrogens is 4. The van der Waals surface area contributed by atoms with E-state index in [0.717, 1.165) is 95.2 Å². The minimum atomic E-state index is -0.954. The monoisotopic (exact) mass is 860 g/mol. The average molecular weight is 861 g/mol. The molecule has 7 aliphatic rings. The predicted molar refractivity (Wildman–Crippen MR) is 238 cm³/mol. The molecule has 6 fully saturated rings. The van der Waals surface area contributed by atoms with Crippen molar-refractivity contribution in [2.75, 3.05) is 49.9 Å². The highest BCUT2D eigenvalue weighted by molar-refractivity contribution is 6.23. The molecule has 0 spiro atoms. The second-order valence-corrected chi connectivity index (χ2v) is 19.3. The number of hydrogen-bond donors (Lipinski definition) is 2. The van der Waals surface area contributed by atoms with Crippen molar-refractivity contribution >= 4 is 46.2 Å². The van der Waals surface area contributed by atoms with Crippen molar-refractivity contribution in [1.82, 2.24) is 39.8 Å². The average Bonchev–Trinajstić information content (AvgIpc) is 4.16. The molecule has 2 saturated carbocycles. The van der Waals surface area contributed by atoms with E-state index in [0.29, 0.717) is 40.9 Å². The van der Waals surface area contributed by atoms with E-state index in [1.165, 1.54) is 38.8 Å². The van der Waals surface area contributed by atoms with Crippen molar-refractivity contribution in [3.63, 3.8) is 0 Å². The van der Waals surface area contributed by atoms with E-state index >= 15 is 0 Å². The Kier molecular flexibility index (Phi) is 9.55. The lowest BCUT2D eigenvalue weighted by atomic mass is 10.0. The third kappa shape index (κ3) is 6.73. The molecule has 4 amide bonds. The van der Waals surface area contributed by atoms with Gasteiger partial charge in [0.2, 0.25) is 11.8 Å². The van der Waals surface area contributed by atoms with Crippen LogP contribution in [0.1, 0.15) is 78.1 Å². The highest BCUT2D eigenvalue weighted by Gasteiger charge is 2.50. The summed E-state index contributed by atoms with van der Waals surface area (Å²) in [5.41, 5.74) is 10.7. The van der Waals surface area contributed by atoms with Gasteiger partial charge in [-0.25, -0.2) is 14.6 Å². The summed E-state index contributed by atoms with van der Waals surface area (Å²) in [5.74, 6) is 2.85. The van der Waals surface area contributed by atoms with E-state index in [9.17, 15) is 19.2 Å². The summed E-state index contributed by atoms with van der Waals surface area (Å²) in [6, 6.07) is 23.8. The van der Waals surface area contributed by atoms with Crippen LogP contribution in [-0.2, 0) is 9.59 Å². The van der Waals surface area contributed by atoms with Crippen molar-refractivity contribution < 1.29 is 23.9 Å². The maximum absolute atomic E-state index is 13.5. The van der Waals surface area contributed by atoms with Crippen LogP contribution in [0.5, 0.6) is 11.5 Å². The maximum atomic E-state index is 13.5. The van der Waals surface area contributed by atoms with Gasteiger partial charge in [-0.3, -0.25) is 34.3 Å². The first-order valence-electron chi connectivity index (χ1n) is 23.1. The number of ether oxygens (including phenoxy) is 1. The molecule has 0 bridgehead atoms. The number of likely N-dealkylation sites (tertiary alicyclic amines) is 2. The molecule has 5 unspecified atom stereocenters. The van der Waals surface area contributed by atoms with Gasteiger partial charge in [-0.05, 0) is 123 Å². The van der Waals surface area contributed by atoms with Crippen molar-refractivity contribution in [3.05, 3.63) is 90.3 Å². The van der Waals surface area contributed by atoms with Crippen LogP contribution in [0.2, 0.25) is 0 Å². The Labute approximate surface area is 370 Å². The number of nitrogens with one attached hydrogen (secondary N) is 1. The molecule has 5 aromatic rings. The highest BCUT2D eigenvalue weighted by Crippen LogP contribution is 2.48. The van der Waals surface area contributed by atoms with Gasteiger partial charge in [-0.15, -0.1) is 0 Å². The summed E-state index contributed by atoms with van der Waals surface area (Å²) in [6.45, 7) is 6.42. The van der Waals surface area contributed by atoms with Crippen molar-refractivity contribution in [2.24, 2.45) is 23.7 Å². The SMILES string of the molecule is Nc1ncnc2c1c(-c1ccc(Oc3ccccc3)cc1)nn2C1CCN(C2CC3CN(C4CC5CN(c6ccc7c(c6)C(=O)N(C6CCC(=O)NC6=O)C7=O)CC5C4)CC3C2)CC1. The van der Waals surface area contributed by atoms with Crippen LogP contribution in [-0.4, -0.2) is 115 Å². The Hall–Kier alpha value is -6.19. The fourth-order valence-electron chi connectivity index (χ4n) is 12.6. The standard InChI is InChI=1S/C49H52N10O5/c50-45-43-44(28-6-9-38(10-7-28)64-37-4-2-1-3-5-37)54-59(46(43)52-27-51-45)33-14-16-55(17-15-33)35-18-29-25-57(26-30(29)19-35)36-20-31-23-56(24-32(31)21-36)34-8-11-39-40(22-34)49(63)58(48(39)62)41-12-13-42(60)53-47(41)61/h1-11,22,27,29-33,35-36,41H,12-21,23-26H2,(H2,50,51,52)(H,53,60,61). The van der Waals surface area contributed by atoms with Gasteiger partial charge in [-0.2, -0.15) is 5.10 Å². The number of fused-ring (bicyclic) bond motifs is 4. The molecule has 5 atom stereocenters. The number of imide groups is 2. The van der Waals surface area contributed by atoms with Crippen LogP contribution < -0.4 is 20.7 Å². The molecule has 64 heavy (non-hydrogen) atoms.